The van der Waals surface area contributed by atoms with Gasteiger partial charge in [-0.3, -0.25) is 9.59 Å². The molecule has 8 heteroatoms. The Morgan fingerprint density at radius 3 is 2.55 bits per heavy atom. The first-order chi connectivity index (χ1) is 14.1. The number of aryl methyl sites for hydroxylation is 1. The fourth-order valence-electron chi connectivity index (χ4n) is 2.72. The fourth-order valence-corrected chi connectivity index (χ4v) is 3.61. The van der Waals surface area contributed by atoms with Crippen molar-refractivity contribution in [3.05, 3.63) is 71.4 Å². The molecule has 1 heterocycles. The van der Waals surface area contributed by atoms with Crippen molar-refractivity contribution in [2.45, 2.75) is 36.5 Å². The highest BCUT2D eigenvalue weighted by Crippen LogP contribution is 2.26. The molecule has 2 aromatic carbocycles. The number of carbonyl (C=O) groups excluding carboxylic acids is 2. The number of aromatic nitrogens is 2. The Bertz CT molecular complexity index is 1030. The van der Waals surface area contributed by atoms with E-state index in [9.17, 15) is 9.59 Å². The van der Waals surface area contributed by atoms with Crippen LogP contribution >= 0.6 is 11.8 Å². The summed E-state index contributed by atoms with van der Waals surface area (Å²) in [5.74, 6) is 1.28. The molecular weight excluding hydrogens is 388 g/mol. The predicted octanol–water partition coefficient (Wildman–Crippen LogP) is 3.81. The summed E-state index contributed by atoms with van der Waals surface area (Å²) in [4.78, 5) is 29.8. The third-order valence-electron chi connectivity index (χ3n) is 4.37. The molecule has 0 aliphatic heterocycles. The highest BCUT2D eigenvalue weighted by atomic mass is 32.2. The van der Waals surface area contributed by atoms with Gasteiger partial charge in [-0.05, 0) is 56.2 Å². The molecule has 29 heavy (non-hydrogen) atoms. The van der Waals surface area contributed by atoms with E-state index in [2.05, 4.69) is 20.8 Å². The lowest BCUT2D eigenvalue weighted by Gasteiger charge is -2.10. The molecule has 1 aliphatic rings. The molecule has 3 aromatic rings. The van der Waals surface area contributed by atoms with Gasteiger partial charge in [0, 0.05) is 22.2 Å². The molecule has 0 saturated heterocycles. The fraction of sp³-hybridized carbons (Fsp3) is 0.238. The van der Waals surface area contributed by atoms with Crippen LogP contribution in [-0.4, -0.2) is 28.0 Å². The van der Waals surface area contributed by atoms with Crippen molar-refractivity contribution in [3.63, 3.8) is 0 Å². The van der Waals surface area contributed by atoms with Gasteiger partial charge in [0.05, 0.1) is 11.3 Å². The molecule has 0 atom stereocenters. The predicted molar refractivity (Wildman–Crippen MR) is 110 cm³/mol. The minimum atomic E-state index is -0.218. The Hall–Kier alpha value is -3.13. The average Bonchev–Trinajstić information content (AvgIpc) is 3.45. The Morgan fingerprint density at radius 1 is 1.10 bits per heavy atom. The van der Waals surface area contributed by atoms with Crippen LogP contribution in [-0.2, 0) is 5.75 Å². The summed E-state index contributed by atoms with van der Waals surface area (Å²) in [6.45, 7) is 1.76. The molecule has 148 valence electrons. The summed E-state index contributed by atoms with van der Waals surface area (Å²) in [6, 6.07) is 14.6. The number of nitrogens with one attached hydrogen (secondary N) is 2. The van der Waals surface area contributed by atoms with E-state index in [1.165, 1.54) is 11.8 Å². The Kier molecular flexibility index (Phi) is 5.62. The quantitative estimate of drug-likeness (QED) is 0.577. The molecule has 0 radical (unpaired) electrons. The average molecular weight is 408 g/mol. The highest BCUT2D eigenvalue weighted by molar-refractivity contribution is 7.98. The van der Waals surface area contributed by atoms with Crippen molar-refractivity contribution in [3.8, 4) is 0 Å². The smallest absolute Gasteiger partial charge is 0.256 e. The SMILES string of the molecule is Cc1noc(CSc2ccccc2C(=O)Nc2ccc(C(=O)NC3CC3)cc2)n1. The Morgan fingerprint density at radius 2 is 1.86 bits per heavy atom. The van der Waals surface area contributed by atoms with Gasteiger partial charge in [-0.15, -0.1) is 11.8 Å². The van der Waals surface area contributed by atoms with Gasteiger partial charge in [-0.25, -0.2) is 0 Å². The van der Waals surface area contributed by atoms with E-state index in [-0.39, 0.29) is 11.8 Å². The first-order valence-corrected chi connectivity index (χ1v) is 10.3. The van der Waals surface area contributed by atoms with E-state index in [1.807, 2.05) is 18.2 Å². The number of amides is 2. The summed E-state index contributed by atoms with van der Waals surface area (Å²) < 4.78 is 5.13. The molecule has 2 amide bonds. The lowest BCUT2D eigenvalue weighted by molar-refractivity contribution is 0.0950. The second kappa shape index (κ2) is 8.48. The Labute approximate surface area is 172 Å². The minimum Gasteiger partial charge on any atom is -0.349 e. The van der Waals surface area contributed by atoms with Crippen LogP contribution < -0.4 is 10.6 Å². The van der Waals surface area contributed by atoms with Crippen LogP contribution in [0.25, 0.3) is 0 Å². The molecule has 1 fully saturated rings. The maximum Gasteiger partial charge on any atom is 0.256 e. The molecule has 0 bridgehead atoms. The molecular formula is C21H20N4O3S. The van der Waals surface area contributed by atoms with E-state index < -0.39 is 0 Å². The largest absolute Gasteiger partial charge is 0.349 e. The van der Waals surface area contributed by atoms with Crippen LogP contribution in [0.5, 0.6) is 0 Å². The lowest BCUT2D eigenvalue weighted by Crippen LogP contribution is -2.25. The monoisotopic (exact) mass is 408 g/mol. The van der Waals surface area contributed by atoms with Crippen LogP contribution in [0.2, 0.25) is 0 Å². The standard InChI is InChI=1S/C21H20N4O3S/c1-13-22-19(28-25-13)12-29-18-5-3-2-4-17(18)21(27)24-15-8-6-14(7-9-15)20(26)23-16-10-11-16/h2-9,16H,10-12H2,1H3,(H,23,26)(H,24,27). The molecule has 0 unspecified atom stereocenters. The van der Waals surface area contributed by atoms with E-state index in [0.29, 0.717) is 40.3 Å². The van der Waals surface area contributed by atoms with E-state index >= 15 is 0 Å². The van der Waals surface area contributed by atoms with Gasteiger partial charge in [0.2, 0.25) is 5.89 Å². The van der Waals surface area contributed by atoms with Crippen LogP contribution in [0.3, 0.4) is 0 Å². The number of carbonyl (C=O) groups is 2. The Balaban J connectivity index is 1.40. The molecule has 1 aromatic heterocycles. The zero-order valence-corrected chi connectivity index (χ0v) is 16.7. The maximum atomic E-state index is 12.8. The van der Waals surface area contributed by atoms with Crippen molar-refractivity contribution in [1.82, 2.24) is 15.5 Å². The van der Waals surface area contributed by atoms with E-state index in [4.69, 9.17) is 4.52 Å². The zero-order chi connectivity index (χ0) is 20.2. The van der Waals surface area contributed by atoms with Gasteiger partial charge in [0.1, 0.15) is 0 Å². The van der Waals surface area contributed by atoms with Crippen LogP contribution in [0.4, 0.5) is 5.69 Å². The lowest BCUT2D eigenvalue weighted by atomic mass is 10.1. The van der Waals surface area contributed by atoms with E-state index in [0.717, 1.165) is 17.7 Å². The van der Waals surface area contributed by atoms with Crippen molar-refractivity contribution in [2.24, 2.45) is 0 Å². The third-order valence-corrected chi connectivity index (χ3v) is 5.43. The molecule has 1 saturated carbocycles. The minimum absolute atomic E-state index is 0.0802. The van der Waals surface area contributed by atoms with Gasteiger partial charge < -0.3 is 15.2 Å². The zero-order valence-electron chi connectivity index (χ0n) is 15.8. The van der Waals surface area contributed by atoms with Crippen molar-refractivity contribution in [1.29, 1.82) is 0 Å². The second-order valence-electron chi connectivity index (χ2n) is 6.80. The van der Waals surface area contributed by atoms with Crippen molar-refractivity contribution < 1.29 is 14.1 Å². The van der Waals surface area contributed by atoms with Crippen molar-refractivity contribution >= 4 is 29.3 Å². The molecule has 1 aliphatic carbocycles. The van der Waals surface area contributed by atoms with Crippen LogP contribution in [0, 0.1) is 6.92 Å². The van der Waals surface area contributed by atoms with E-state index in [1.54, 1.807) is 37.3 Å². The molecule has 4 rings (SSSR count). The third kappa shape index (κ3) is 5.03. The van der Waals surface area contributed by atoms with Gasteiger partial charge in [0.15, 0.2) is 5.82 Å². The van der Waals surface area contributed by atoms with Gasteiger partial charge >= 0.3 is 0 Å². The number of benzene rings is 2. The summed E-state index contributed by atoms with van der Waals surface area (Å²) >= 11 is 1.46. The molecule has 0 spiro atoms. The van der Waals surface area contributed by atoms with Gasteiger partial charge in [-0.1, -0.05) is 17.3 Å². The van der Waals surface area contributed by atoms with Crippen LogP contribution in [0.15, 0.2) is 57.9 Å². The summed E-state index contributed by atoms with van der Waals surface area (Å²) in [5, 5.41) is 9.60. The second-order valence-corrected chi connectivity index (χ2v) is 7.82. The molecule has 7 nitrogen and oxygen atoms in total. The number of thioether (sulfide) groups is 1. The topological polar surface area (TPSA) is 97.1 Å². The maximum absolute atomic E-state index is 12.8. The summed E-state index contributed by atoms with van der Waals surface area (Å²) in [6.07, 6.45) is 2.09. The van der Waals surface area contributed by atoms with Gasteiger partial charge in [-0.2, -0.15) is 4.98 Å². The number of nitrogens with zero attached hydrogens (tertiary/aromatic N) is 2. The number of hydrogen-bond donors (Lipinski definition) is 2. The first kappa shape index (κ1) is 19.2. The first-order valence-electron chi connectivity index (χ1n) is 9.32. The normalized spacial score (nSPS) is 13.1. The number of anilines is 1. The summed E-state index contributed by atoms with van der Waals surface area (Å²) in [7, 11) is 0. The van der Waals surface area contributed by atoms with Crippen molar-refractivity contribution in [2.75, 3.05) is 5.32 Å². The summed E-state index contributed by atoms with van der Waals surface area (Å²) in [5.41, 5.74) is 1.77. The highest BCUT2D eigenvalue weighted by Gasteiger charge is 2.23. The van der Waals surface area contributed by atoms with Crippen LogP contribution in [0.1, 0.15) is 45.3 Å². The number of rotatable bonds is 7. The molecule has 2 N–H and O–H groups in total. The number of hydrogen-bond acceptors (Lipinski definition) is 6. The van der Waals surface area contributed by atoms with Gasteiger partial charge in [0.25, 0.3) is 11.8 Å².